The first-order chi connectivity index (χ1) is 6.86. The summed E-state index contributed by atoms with van der Waals surface area (Å²) in [7, 11) is 0. The molecule has 2 nitrogen and oxygen atoms in total. The van der Waals surface area contributed by atoms with Crippen molar-refractivity contribution in [2.75, 3.05) is 11.9 Å². The van der Waals surface area contributed by atoms with Gasteiger partial charge in [-0.2, -0.15) is 0 Å². The zero-order valence-corrected chi connectivity index (χ0v) is 9.21. The second-order valence-electron chi connectivity index (χ2n) is 3.57. The summed E-state index contributed by atoms with van der Waals surface area (Å²) in [6.07, 6.45) is 6.60. The van der Waals surface area contributed by atoms with E-state index in [-0.39, 0.29) is 0 Å². The quantitative estimate of drug-likeness (QED) is 0.748. The van der Waals surface area contributed by atoms with Crippen LogP contribution in [0.5, 0.6) is 0 Å². The van der Waals surface area contributed by atoms with Gasteiger partial charge in [0.25, 0.3) is 0 Å². The lowest BCUT2D eigenvalue weighted by molar-refractivity contribution is 0.777. The molecule has 0 spiro atoms. The fourth-order valence-electron chi connectivity index (χ4n) is 1.35. The predicted molar refractivity (Wildman–Crippen MR) is 61.6 cm³/mol. The summed E-state index contributed by atoms with van der Waals surface area (Å²) < 4.78 is 0. The van der Waals surface area contributed by atoms with E-state index in [1.165, 1.54) is 24.2 Å². The number of aryl methyl sites for hydroxylation is 1. The van der Waals surface area contributed by atoms with E-state index in [0.29, 0.717) is 0 Å². The van der Waals surface area contributed by atoms with Crippen LogP contribution in [0.4, 0.5) is 5.69 Å². The molecule has 0 bridgehead atoms. The Morgan fingerprint density at radius 1 is 1.29 bits per heavy atom. The standard InChI is InChI=1S/C12H20N2/c1-3-5-6-11-10-12(7-9-14-11)13-8-4-2/h7,9-10H,3-6,8H2,1-2H3,(H,13,14). The molecule has 0 aliphatic rings. The summed E-state index contributed by atoms with van der Waals surface area (Å²) in [5.74, 6) is 0. The Hall–Kier alpha value is -1.05. The number of nitrogens with zero attached hydrogens (tertiary/aromatic N) is 1. The summed E-state index contributed by atoms with van der Waals surface area (Å²) in [6, 6.07) is 4.19. The van der Waals surface area contributed by atoms with E-state index < -0.39 is 0 Å². The van der Waals surface area contributed by atoms with Gasteiger partial charge >= 0.3 is 0 Å². The van der Waals surface area contributed by atoms with Crippen LogP contribution in [-0.4, -0.2) is 11.5 Å². The van der Waals surface area contributed by atoms with Crippen LogP contribution in [0.2, 0.25) is 0 Å². The van der Waals surface area contributed by atoms with E-state index in [1.807, 2.05) is 12.3 Å². The maximum Gasteiger partial charge on any atom is 0.0424 e. The van der Waals surface area contributed by atoms with Gasteiger partial charge in [-0.25, -0.2) is 0 Å². The maximum atomic E-state index is 4.34. The molecule has 0 unspecified atom stereocenters. The smallest absolute Gasteiger partial charge is 0.0424 e. The molecule has 0 aliphatic heterocycles. The molecule has 1 rings (SSSR count). The number of unbranched alkanes of at least 4 members (excludes halogenated alkanes) is 1. The van der Waals surface area contributed by atoms with Crippen LogP contribution >= 0.6 is 0 Å². The first-order valence-electron chi connectivity index (χ1n) is 5.55. The Kier molecular flexibility index (Phi) is 5.05. The third-order valence-corrected chi connectivity index (χ3v) is 2.18. The normalized spacial score (nSPS) is 10.1. The number of anilines is 1. The molecular formula is C12H20N2. The third kappa shape index (κ3) is 3.77. The largest absolute Gasteiger partial charge is 0.385 e. The molecule has 0 saturated heterocycles. The Morgan fingerprint density at radius 2 is 2.14 bits per heavy atom. The van der Waals surface area contributed by atoms with Crippen molar-refractivity contribution < 1.29 is 0 Å². The second-order valence-corrected chi connectivity index (χ2v) is 3.57. The Labute approximate surface area is 86.8 Å². The molecule has 1 heterocycles. The van der Waals surface area contributed by atoms with Gasteiger partial charge in [0.15, 0.2) is 0 Å². The van der Waals surface area contributed by atoms with Crippen LogP contribution in [0.15, 0.2) is 18.3 Å². The average molecular weight is 192 g/mol. The van der Waals surface area contributed by atoms with Crippen LogP contribution in [0.25, 0.3) is 0 Å². The molecule has 1 aromatic heterocycles. The molecule has 0 saturated carbocycles. The summed E-state index contributed by atoms with van der Waals surface area (Å²) >= 11 is 0. The summed E-state index contributed by atoms with van der Waals surface area (Å²) in [4.78, 5) is 4.34. The van der Waals surface area contributed by atoms with Crippen molar-refractivity contribution in [3.63, 3.8) is 0 Å². The Balaban J connectivity index is 2.50. The molecule has 14 heavy (non-hydrogen) atoms. The number of hydrogen-bond donors (Lipinski definition) is 1. The zero-order chi connectivity index (χ0) is 10.2. The fourth-order valence-corrected chi connectivity index (χ4v) is 1.35. The number of rotatable bonds is 6. The molecule has 78 valence electrons. The van der Waals surface area contributed by atoms with Crippen LogP contribution < -0.4 is 5.32 Å². The first-order valence-corrected chi connectivity index (χ1v) is 5.55. The van der Waals surface area contributed by atoms with Crippen molar-refractivity contribution in [1.82, 2.24) is 4.98 Å². The number of hydrogen-bond acceptors (Lipinski definition) is 2. The van der Waals surface area contributed by atoms with Crippen LogP contribution in [0.1, 0.15) is 38.8 Å². The molecule has 0 radical (unpaired) electrons. The average Bonchev–Trinajstić information content (AvgIpc) is 2.24. The molecule has 1 aromatic rings. The molecule has 0 fully saturated rings. The van der Waals surface area contributed by atoms with E-state index in [9.17, 15) is 0 Å². The van der Waals surface area contributed by atoms with Gasteiger partial charge in [-0.05, 0) is 31.4 Å². The highest BCUT2D eigenvalue weighted by Crippen LogP contribution is 2.10. The van der Waals surface area contributed by atoms with Gasteiger partial charge in [0.2, 0.25) is 0 Å². The minimum Gasteiger partial charge on any atom is -0.385 e. The van der Waals surface area contributed by atoms with E-state index in [4.69, 9.17) is 0 Å². The van der Waals surface area contributed by atoms with E-state index in [1.54, 1.807) is 0 Å². The SMILES string of the molecule is CCCCc1cc(NCCC)ccn1. The summed E-state index contributed by atoms with van der Waals surface area (Å²) in [5.41, 5.74) is 2.40. The van der Waals surface area contributed by atoms with E-state index in [0.717, 1.165) is 19.4 Å². The van der Waals surface area contributed by atoms with Crippen LogP contribution in [-0.2, 0) is 6.42 Å². The minimum atomic E-state index is 1.04. The number of pyridine rings is 1. The highest BCUT2D eigenvalue weighted by Gasteiger charge is 1.95. The van der Waals surface area contributed by atoms with Gasteiger partial charge in [-0.1, -0.05) is 20.3 Å². The highest BCUT2D eigenvalue weighted by atomic mass is 14.9. The lowest BCUT2D eigenvalue weighted by Crippen LogP contribution is -2.00. The Morgan fingerprint density at radius 3 is 2.86 bits per heavy atom. The van der Waals surface area contributed by atoms with Crippen molar-refractivity contribution in [2.45, 2.75) is 39.5 Å². The van der Waals surface area contributed by atoms with Crippen LogP contribution in [0.3, 0.4) is 0 Å². The van der Waals surface area contributed by atoms with Gasteiger partial charge < -0.3 is 5.32 Å². The van der Waals surface area contributed by atoms with Gasteiger partial charge in [-0.15, -0.1) is 0 Å². The summed E-state index contributed by atoms with van der Waals surface area (Å²) in [5, 5.41) is 3.37. The minimum absolute atomic E-state index is 1.04. The van der Waals surface area contributed by atoms with E-state index in [2.05, 4.69) is 30.2 Å². The lowest BCUT2D eigenvalue weighted by Gasteiger charge is -2.06. The van der Waals surface area contributed by atoms with Gasteiger partial charge in [0.1, 0.15) is 0 Å². The lowest BCUT2D eigenvalue weighted by atomic mass is 10.2. The monoisotopic (exact) mass is 192 g/mol. The van der Waals surface area contributed by atoms with Crippen molar-refractivity contribution in [3.8, 4) is 0 Å². The maximum absolute atomic E-state index is 4.34. The molecule has 2 heteroatoms. The zero-order valence-electron chi connectivity index (χ0n) is 9.21. The van der Waals surface area contributed by atoms with Gasteiger partial charge in [0.05, 0.1) is 0 Å². The number of nitrogens with one attached hydrogen (secondary N) is 1. The number of aromatic nitrogens is 1. The van der Waals surface area contributed by atoms with E-state index >= 15 is 0 Å². The molecule has 0 aromatic carbocycles. The fraction of sp³-hybridized carbons (Fsp3) is 0.583. The Bertz CT molecular complexity index is 235. The first kappa shape index (κ1) is 11.0. The van der Waals surface area contributed by atoms with Gasteiger partial charge in [0, 0.05) is 24.1 Å². The van der Waals surface area contributed by atoms with Crippen molar-refractivity contribution in [3.05, 3.63) is 24.0 Å². The molecule has 1 N–H and O–H groups in total. The van der Waals surface area contributed by atoms with Gasteiger partial charge in [-0.3, -0.25) is 4.98 Å². The topological polar surface area (TPSA) is 24.9 Å². The summed E-state index contributed by atoms with van der Waals surface area (Å²) in [6.45, 7) is 5.42. The van der Waals surface area contributed by atoms with Crippen molar-refractivity contribution in [2.24, 2.45) is 0 Å². The van der Waals surface area contributed by atoms with Crippen LogP contribution in [0, 0.1) is 0 Å². The highest BCUT2D eigenvalue weighted by molar-refractivity contribution is 5.43. The predicted octanol–water partition coefficient (Wildman–Crippen LogP) is 3.25. The van der Waals surface area contributed by atoms with Crippen molar-refractivity contribution >= 4 is 5.69 Å². The molecule has 0 amide bonds. The van der Waals surface area contributed by atoms with Crippen molar-refractivity contribution in [1.29, 1.82) is 0 Å². The molecule has 0 atom stereocenters. The molecule has 0 aliphatic carbocycles. The molecular weight excluding hydrogens is 172 g/mol. The third-order valence-electron chi connectivity index (χ3n) is 2.18. The second kappa shape index (κ2) is 6.41.